The highest BCUT2D eigenvalue weighted by Crippen LogP contribution is 2.13. The Hall–Kier alpha value is -2.58. The first-order valence-electron chi connectivity index (χ1n) is 8.57. The summed E-state index contributed by atoms with van der Waals surface area (Å²) in [6, 6.07) is 14.4. The quantitative estimate of drug-likeness (QED) is 0.556. The van der Waals surface area contributed by atoms with Crippen molar-refractivity contribution in [3.05, 3.63) is 59.7 Å². The summed E-state index contributed by atoms with van der Waals surface area (Å²) in [4.78, 5) is 6.71. The van der Waals surface area contributed by atoms with E-state index in [9.17, 15) is 8.42 Å². The van der Waals surface area contributed by atoms with Gasteiger partial charge in [0.15, 0.2) is 5.96 Å². The number of ether oxygens (including phenoxy) is 1. The lowest BCUT2D eigenvalue weighted by Crippen LogP contribution is -2.38. The molecule has 0 spiro atoms. The highest BCUT2D eigenvalue weighted by molar-refractivity contribution is 7.89. The minimum Gasteiger partial charge on any atom is -0.497 e. The average molecular weight is 391 g/mol. The maximum absolute atomic E-state index is 11.5. The second-order valence-electron chi connectivity index (χ2n) is 6.07. The largest absolute Gasteiger partial charge is 0.497 e. The molecule has 0 aliphatic carbocycles. The molecule has 0 heterocycles. The second-order valence-corrected chi connectivity index (χ2v) is 7.63. The smallest absolute Gasteiger partial charge is 0.238 e. The minimum atomic E-state index is -3.72. The molecule has 0 bridgehead atoms. The fourth-order valence-electron chi connectivity index (χ4n) is 2.54. The van der Waals surface area contributed by atoms with Crippen LogP contribution in [-0.4, -0.2) is 40.0 Å². The first-order chi connectivity index (χ1) is 12.8. The molecule has 2 aromatic rings. The number of nitrogens with two attached hydrogens (primary N) is 1. The van der Waals surface area contributed by atoms with Crippen molar-refractivity contribution in [3.63, 3.8) is 0 Å². The van der Waals surface area contributed by atoms with Crippen molar-refractivity contribution in [2.45, 2.75) is 24.9 Å². The van der Waals surface area contributed by atoms with Crippen LogP contribution in [0.2, 0.25) is 0 Å². The van der Waals surface area contributed by atoms with Gasteiger partial charge in [-0.15, -0.1) is 0 Å². The number of methoxy groups -OCH3 is 1. The Bertz CT molecular complexity index is 880. The highest BCUT2D eigenvalue weighted by Gasteiger charge is 2.09. The van der Waals surface area contributed by atoms with Crippen LogP contribution in [0.15, 0.2) is 58.4 Å². The number of rotatable bonds is 7. The molecule has 27 heavy (non-hydrogen) atoms. The van der Waals surface area contributed by atoms with Gasteiger partial charge in [-0.3, -0.25) is 0 Å². The van der Waals surface area contributed by atoms with E-state index in [4.69, 9.17) is 9.88 Å². The van der Waals surface area contributed by atoms with E-state index in [0.717, 1.165) is 29.4 Å². The number of hydrogen-bond acceptors (Lipinski definition) is 4. The van der Waals surface area contributed by atoms with Gasteiger partial charge in [0.25, 0.3) is 0 Å². The lowest BCUT2D eigenvalue weighted by atomic mass is 10.2. The Morgan fingerprint density at radius 3 is 2.48 bits per heavy atom. The molecule has 0 aliphatic heterocycles. The molecule has 146 valence electrons. The van der Waals surface area contributed by atoms with Crippen LogP contribution < -0.4 is 15.2 Å². The van der Waals surface area contributed by atoms with Crippen LogP contribution in [-0.2, 0) is 23.1 Å². The van der Waals surface area contributed by atoms with Crippen molar-refractivity contribution in [2.24, 2.45) is 10.1 Å². The van der Waals surface area contributed by atoms with E-state index >= 15 is 0 Å². The summed E-state index contributed by atoms with van der Waals surface area (Å²) in [5, 5.41) is 8.44. The highest BCUT2D eigenvalue weighted by atomic mass is 32.2. The molecule has 0 radical (unpaired) electrons. The summed E-state index contributed by atoms with van der Waals surface area (Å²) in [6.07, 6.45) is 0. The van der Waals surface area contributed by atoms with Gasteiger partial charge in [0.1, 0.15) is 5.75 Å². The van der Waals surface area contributed by atoms with Crippen LogP contribution >= 0.6 is 0 Å². The Morgan fingerprint density at radius 2 is 1.89 bits per heavy atom. The summed E-state index contributed by atoms with van der Waals surface area (Å²) in [7, 11) is -0.130. The van der Waals surface area contributed by atoms with Gasteiger partial charge in [-0.25, -0.2) is 18.5 Å². The Kier molecular flexibility index (Phi) is 7.20. The summed E-state index contributed by atoms with van der Waals surface area (Å²) in [5.74, 6) is 1.55. The maximum Gasteiger partial charge on any atom is 0.238 e. The maximum atomic E-state index is 11.5. The Balaban J connectivity index is 2.12. The molecule has 0 atom stereocenters. The van der Waals surface area contributed by atoms with Gasteiger partial charge in [-0.05, 0) is 42.3 Å². The van der Waals surface area contributed by atoms with Crippen LogP contribution in [0.25, 0.3) is 0 Å². The Morgan fingerprint density at radius 1 is 1.19 bits per heavy atom. The molecule has 2 aromatic carbocycles. The number of primary sulfonamides is 1. The van der Waals surface area contributed by atoms with Crippen molar-refractivity contribution < 1.29 is 13.2 Å². The van der Waals surface area contributed by atoms with Crippen molar-refractivity contribution in [1.82, 2.24) is 10.2 Å². The molecule has 0 saturated heterocycles. The summed E-state index contributed by atoms with van der Waals surface area (Å²) < 4.78 is 28.2. The summed E-state index contributed by atoms with van der Waals surface area (Å²) >= 11 is 0. The van der Waals surface area contributed by atoms with E-state index < -0.39 is 10.0 Å². The normalized spacial score (nSPS) is 11.9. The van der Waals surface area contributed by atoms with Gasteiger partial charge in [0, 0.05) is 20.1 Å². The third kappa shape index (κ3) is 6.26. The van der Waals surface area contributed by atoms with Gasteiger partial charge in [0.05, 0.1) is 18.6 Å². The van der Waals surface area contributed by atoms with E-state index in [1.165, 1.54) is 6.07 Å². The van der Waals surface area contributed by atoms with E-state index in [2.05, 4.69) is 10.3 Å². The van der Waals surface area contributed by atoms with Gasteiger partial charge in [-0.1, -0.05) is 24.3 Å². The first-order valence-corrected chi connectivity index (χ1v) is 10.1. The number of sulfonamides is 1. The second kappa shape index (κ2) is 9.38. The SMILES string of the molecule is CCNC(=NCc1cccc(S(N)(=O)=O)c1)N(C)Cc1ccc(OC)cc1. The summed E-state index contributed by atoms with van der Waals surface area (Å²) in [5.41, 5.74) is 1.90. The van der Waals surface area contributed by atoms with E-state index in [0.29, 0.717) is 13.1 Å². The van der Waals surface area contributed by atoms with Gasteiger partial charge >= 0.3 is 0 Å². The van der Waals surface area contributed by atoms with Crippen molar-refractivity contribution in [2.75, 3.05) is 20.7 Å². The van der Waals surface area contributed by atoms with Gasteiger partial charge < -0.3 is 15.0 Å². The van der Waals surface area contributed by atoms with E-state index in [-0.39, 0.29) is 4.90 Å². The van der Waals surface area contributed by atoms with Gasteiger partial charge in [0.2, 0.25) is 10.0 Å². The molecule has 7 nitrogen and oxygen atoms in total. The standard InChI is InChI=1S/C19H26N4O3S/c1-4-21-19(23(2)14-15-8-10-17(26-3)11-9-15)22-13-16-6-5-7-18(12-16)27(20,24)25/h5-12H,4,13-14H2,1-3H3,(H,21,22)(H2,20,24,25). The third-order valence-corrected chi connectivity index (χ3v) is 4.82. The molecule has 8 heteroatoms. The molecule has 0 unspecified atom stereocenters. The molecule has 0 fully saturated rings. The molecular weight excluding hydrogens is 364 g/mol. The lowest BCUT2D eigenvalue weighted by Gasteiger charge is -2.22. The van der Waals surface area contributed by atoms with Crippen molar-refractivity contribution in [3.8, 4) is 5.75 Å². The first kappa shape index (κ1) is 20.7. The fraction of sp³-hybridized carbons (Fsp3) is 0.316. The number of aliphatic imine (C=N–C) groups is 1. The zero-order valence-electron chi connectivity index (χ0n) is 15.8. The van der Waals surface area contributed by atoms with Crippen LogP contribution in [0.3, 0.4) is 0 Å². The summed E-state index contributed by atoms with van der Waals surface area (Å²) in [6.45, 7) is 3.74. The van der Waals surface area contributed by atoms with E-state index in [1.54, 1.807) is 19.2 Å². The van der Waals surface area contributed by atoms with Crippen LogP contribution in [0.5, 0.6) is 5.75 Å². The number of hydrogen-bond donors (Lipinski definition) is 2. The molecule has 2 rings (SSSR count). The van der Waals surface area contributed by atoms with Crippen LogP contribution in [0.1, 0.15) is 18.1 Å². The number of benzene rings is 2. The predicted octanol–water partition coefficient (Wildman–Crippen LogP) is 1.94. The zero-order chi connectivity index (χ0) is 19.9. The van der Waals surface area contributed by atoms with Crippen LogP contribution in [0.4, 0.5) is 0 Å². The van der Waals surface area contributed by atoms with Crippen LogP contribution in [0, 0.1) is 0 Å². The molecule has 0 aromatic heterocycles. The lowest BCUT2D eigenvalue weighted by molar-refractivity contribution is 0.414. The van der Waals surface area contributed by atoms with Crippen molar-refractivity contribution in [1.29, 1.82) is 0 Å². The van der Waals surface area contributed by atoms with Crippen molar-refractivity contribution >= 4 is 16.0 Å². The monoisotopic (exact) mass is 390 g/mol. The molecule has 0 saturated carbocycles. The molecule has 0 amide bonds. The topological polar surface area (TPSA) is 97.0 Å². The van der Waals surface area contributed by atoms with E-state index in [1.807, 2.05) is 49.2 Å². The fourth-order valence-corrected chi connectivity index (χ4v) is 3.12. The minimum absolute atomic E-state index is 0.0896. The number of nitrogens with zero attached hydrogens (tertiary/aromatic N) is 2. The zero-order valence-corrected chi connectivity index (χ0v) is 16.7. The van der Waals surface area contributed by atoms with Gasteiger partial charge in [-0.2, -0.15) is 0 Å². The average Bonchev–Trinajstić information content (AvgIpc) is 2.65. The predicted molar refractivity (Wildman–Crippen MR) is 107 cm³/mol. The number of guanidine groups is 1. The molecule has 0 aliphatic rings. The molecule has 3 N–H and O–H groups in total. The molecular formula is C19H26N4O3S. The number of nitrogens with one attached hydrogen (secondary N) is 1. The third-order valence-electron chi connectivity index (χ3n) is 3.91. The Labute approximate surface area is 160 Å².